The van der Waals surface area contributed by atoms with Crippen LogP contribution in [0.2, 0.25) is 0 Å². The van der Waals surface area contributed by atoms with Crippen LogP contribution in [0.4, 0.5) is 5.95 Å². The molecular weight excluding hydrogens is 270 g/mol. The lowest BCUT2D eigenvalue weighted by molar-refractivity contribution is 0.0936. The molecule has 0 unspecified atom stereocenters. The van der Waals surface area contributed by atoms with Crippen molar-refractivity contribution in [3.05, 3.63) is 11.8 Å². The number of anilines is 1. The topological polar surface area (TPSA) is 93.4 Å². The lowest BCUT2D eigenvalue weighted by Crippen LogP contribution is -2.40. The highest BCUT2D eigenvalue weighted by Gasteiger charge is 2.24. The monoisotopic (exact) mass is 293 g/mol. The minimum Gasteiger partial charge on any atom is -0.477 e. The zero-order valence-electron chi connectivity index (χ0n) is 12.6. The average molecular weight is 293 g/mol. The molecule has 21 heavy (non-hydrogen) atoms. The number of aromatic nitrogens is 2. The molecule has 1 amide bonds. The number of nitrogen functional groups attached to an aromatic ring is 1. The van der Waals surface area contributed by atoms with Gasteiger partial charge in [0.2, 0.25) is 11.8 Å². The molecule has 2 heterocycles. The predicted octanol–water partition coefficient (Wildman–Crippen LogP) is 0.672. The maximum atomic E-state index is 12.3. The van der Waals surface area contributed by atoms with E-state index in [1.807, 2.05) is 6.92 Å². The van der Waals surface area contributed by atoms with Crippen LogP contribution in [0.5, 0.6) is 5.88 Å². The van der Waals surface area contributed by atoms with Gasteiger partial charge in [0, 0.05) is 18.8 Å². The number of carbonyl (C=O) groups is 1. The molecule has 1 saturated heterocycles. The van der Waals surface area contributed by atoms with Crippen molar-refractivity contribution < 1.29 is 9.53 Å². The van der Waals surface area contributed by atoms with Crippen LogP contribution < -0.4 is 15.8 Å². The van der Waals surface area contributed by atoms with Gasteiger partial charge in [0.25, 0.3) is 5.91 Å². The van der Waals surface area contributed by atoms with Crippen LogP contribution in [0, 0.1) is 0 Å². The molecule has 1 aliphatic heterocycles. The fraction of sp³-hybridized carbons (Fsp3) is 0.643. The molecule has 0 aliphatic carbocycles. The van der Waals surface area contributed by atoms with Crippen LogP contribution in [-0.2, 0) is 0 Å². The number of likely N-dealkylation sites (N-methyl/N-ethyl adjacent to an activating group) is 1. The van der Waals surface area contributed by atoms with Crippen molar-refractivity contribution in [3.8, 4) is 5.88 Å². The number of carbonyl (C=O) groups excluding carboxylic acids is 1. The van der Waals surface area contributed by atoms with Crippen LogP contribution in [0.3, 0.4) is 0 Å². The number of amides is 1. The van der Waals surface area contributed by atoms with E-state index in [0.29, 0.717) is 24.8 Å². The van der Waals surface area contributed by atoms with Crippen molar-refractivity contribution in [2.75, 3.05) is 32.0 Å². The molecule has 0 aromatic carbocycles. The van der Waals surface area contributed by atoms with Crippen LogP contribution in [0.15, 0.2) is 6.20 Å². The van der Waals surface area contributed by atoms with Gasteiger partial charge in [-0.1, -0.05) is 6.92 Å². The van der Waals surface area contributed by atoms with E-state index in [2.05, 4.69) is 27.1 Å². The number of nitrogens with two attached hydrogens (primary N) is 1. The molecule has 7 nitrogen and oxygen atoms in total. The second kappa shape index (κ2) is 7.21. The predicted molar refractivity (Wildman–Crippen MR) is 80.2 cm³/mol. The fourth-order valence-corrected chi connectivity index (χ4v) is 2.63. The normalized spacial score (nSPS) is 18.7. The summed E-state index contributed by atoms with van der Waals surface area (Å²) in [4.78, 5) is 22.5. The molecular formula is C14H23N5O2. The highest BCUT2D eigenvalue weighted by molar-refractivity contribution is 5.96. The SMILES string of the molecule is CCOc1nc(N)ncc1C(=O)NC[C@@H]1CCCN1CC. The molecule has 0 spiro atoms. The second-order valence-electron chi connectivity index (χ2n) is 5.01. The van der Waals surface area contributed by atoms with Gasteiger partial charge >= 0.3 is 0 Å². The third kappa shape index (κ3) is 3.81. The maximum Gasteiger partial charge on any atom is 0.258 e. The van der Waals surface area contributed by atoms with Gasteiger partial charge in [-0.3, -0.25) is 9.69 Å². The molecule has 0 saturated carbocycles. The lowest BCUT2D eigenvalue weighted by atomic mass is 10.2. The van der Waals surface area contributed by atoms with E-state index in [0.717, 1.165) is 19.5 Å². The van der Waals surface area contributed by atoms with E-state index in [1.54, 1.807) is 0 Å². The number of ether oxygens (including phenoxy) is 1. The zero-order chi connectivity index (χ0) is 15.2. The van der Waals surface area contributed by atoms with Gasteiger partial charge in [-0.2, -0.15) is 4.98 Å². The van der Waals surface area contributed by atoms with Crippen molar-refractivity contribution in [1.29, 1.82) is 0 Å². The number of nitrogens with zero attached hydrogens (tertiary/aromatic N) is 3. The quantitative estimate of drug-likeness (QED) is 0.801. The van der Waals surface area contributed by atoms with Crippen molar-refractivity contribution in [3.63, 3.8) is 0 Å². The number of hydrogen-bond acceptors (Lipinski definition) is 6. The molecule has 1 atom stereocenters. The van der Waals surface area contributed by atoms with Gasteiger partial charge < -0.3 is 15.8 Å². The molecule has 2 rings (SSSR count). The molecule has 0 radical (unpaired) electrons. The molecule has 1 aromatic rings. The molecule has 7 heteroatoms. The molecule has 1 fully saturated rings. The number of nitrogens with one attached hydrogen (secondary N) is 1. The Hall–Kier alpha value is -1.89. The van der Waals surface area contributed by atoms with Gasteiger partial charge in [0.1, 0.15) is 5.56 Å². The Kier molecular flexibility index (Phi) is 5.32. The number of rotatable bonds is 6. The summed E-state index contributed by atoms with van der Waals surface area (Å²) in [5.41, 5.74) is 5.85. The van der Waals surface area contributed by atoms with Gasteiger partial charge in [-0.15, -0.1) is 0 Å². The van der Waals surface area contributed by atoms with Gasteiger partial charge in [-0.25, -0.2) is 4.98 Å². The Balaban J connectivity index is 2.00. The summed E-state index contributed by atoms with van der Waals surface area (Å²) in [5.74, 6) is 0.116. The summed E-state index contributed by atoms with van der Waals surface area (Å²) in [7, 11) is 0. The molecule has 0 bridgehead atoms. The highest BCUT2D eigenvalue weighted by atomic mass is 16.5. The third-order valence-electron chi connectivity index (χ3n) is 3.70. The Morgan fingerprint density at radius 2 is 2.38 bits per heavy atom. The first-order chi connectivity index (χ1) is 10.2. The summed E-state index contributed by atoms with van der Waals surface area (Å²) in [5, 5.41) is 2.94. The Morgan fingerprint density at radius 3 is 3.10 bits per heavy atom. The average Bonchev–Trinajstić information content (AvgIpc) is 2.93. The van der Waals surface area contributed by atoms with Crippen molar-refractivity contribution in [2.24, 2.45) is 0 Å². The number of likely N-dealkylation sites (tertiary alicyclic amines) is 1. The zero-order valence-corrected chi connectivity index (χ0v) is 12.6. The largest absolute Gasteiger partial charge is 0.477 e. The number of hydrogen-bond donors (Lipinski definition) is 2. The van der Waals surface area contributed by atoms with Gasteiger partial charge in [0.15, 0.2) is 0 Å². The van der Waals surface area contributed by atoms with Crippen molar-refractivity contribution >= 4 is 11.9 Å². The summed E-state index contributed by atoms with van der Waals surface area (Å²) >= 11 is 0. The van der Waals surface area contributed by atoms with E-state index in [4.69, 9.17) is 10.5 Å². The molecule has 1 aromatic heterocycles. The van der Waals surface area contributed by atoms with Crippen molar-refractivity contribution in [1.82, 2.24) is 20.2 Å². The Labute approximate surface area is 124 Å². The van der Waals surface area contributed by atoms with E-state index in [9.17, 15) is 4.79 Å². The minimum absolute atomic E-state index is 0.1000. The lowest BCUT2D eigenvalue weighted by Gasteiger charge is -2.23. The van der Waals surface area contributed by atoms with Crippen LogP contribution >= 0.6 is 0 Å². The smallest absolute Gasteiger partial charge is 0.258 e. The first kappa shape index (κ1) is 15.5. The van der Waals surface area contributed by atoms with Crippen LogP contribution in [0.25, 0.3) is 0 Å². The summed E-state index contributed by atoms with van der Waals surface area (Å²) < 4.78 is 5.35. The van der Waals surface area contributed by atoms with E-state index >= 15 is 0 Å². The molecule has 3 N–H and O–H groups in total. The standard InChI is InChI=1S/C14H23N5O2/c1-3-19-7-5-6-10(19)8-16-12(20)11-9-17-14(15)18-13(11)21-4-2/h9-10H,3-8H2,1-2H3,(H,16,20)(H2,15,17,18)/t10-/m0/s1. The summed E-state index contributed by atoms with van der Waals surface area (Å²) in [6.07, 6.45) is 3.71. The Bertz CT molecular complexity index is 494. The molecule has 1 aliphatic rings. The van der Waals surface area contributed by atoms with E-state index in [1.165, 1.54) is 12.6 Å². The molecule has 116 valence electrons. The van der Waals surface area contributed by atoms with E-state index in [-0.39, 0.29) is 17.7 Å². The van der Waals surface area contributed by atoms with Crippen molar-refractivity contribution in [2.45, 2.75) is 32.7 Å². The first-order valence-electron chi connectivity index (χ1n) is 7.43. The summed E-state index contributed by atoms with van der Waals surface area (Å²) in [6.45, 7) is 7.13. The minimum atomic E-state index is -0.221. The second-order valence-corrected chi connectivity index (χ2v) is 5.01. The van der Waals surface area contributed by atoms with Crippen LogP contribution in [-0.4, -0.2) is 53.1 Å². The highest BCUT2D eigenvalue weighted by Crippen LogP contribution is 2.17. The van der Waals surface area contributed by atoms with Gasteiger partial charge in [-0.05, 0) is 32.9 Å². The third-order valence-corrected chi connectivity index (χ3v) is 3.70. The summed E-state index contributed by atoms with van der Waals surface area (Å²) in [6, 6.07) is 0.407. The Morgan fingerprint density at radius 1 is 1.57 bits per heavy atom. The fourth-order valence-electron chi connectivity index (χ4n) is 2.63. The first-order valence-corrected chi connectivity index (χ1v) is 7.43. The maximum absolute atomic E-state index is 12.3. The van der Waals surface area contributed by atoms with Crippen LogP contribution in [0.1, 0.15) is 37.0 Å². The van der Waals surface area contributed by atoms with Gasteiger partial charge in [0.05, 0.1) is 6.61 Å². The van der Waals surface area contributed by atoms with E-state index < -0.39 is 0 Å².